The van der Waals surface area contributed by atoms with Crippen LogP contribution in [0.4, 0.5) is 5.69 Å². The van der Waals surface area contributed by atoms with Gasteiger partial charge in [-0.05, 0) is 67.6 Å². The van der Waals surface area contributed by atoms with Crippen molar-refractivity contribution < 1.29 is 9.53 Å². The Bertz CT molecular complexity index is 833. The first kappa shape index (κ1) is 21.1. The van der Waals surface area contributed by atoms with E-state index in [2.05, 4.69) is 33.1 Å². The molecule has 2 heterocycles. The second-order valence-electron chi connectivity index (χ2n) is 8.00. The molecule has 0 N–H and O–H groups in total. The van der Waals surface area contributed by atoms with E-state index < -0.39 is 0 Å². The van der Waals surface area contributed by atoms with E-state index in [1.807, 2.05) is 36.4 Å². The second kappa shape index (κ2) is 9.75. The van der Waals surface area contributed by atoms with Gasteiger partial charge in [0.2, 0.25) is 0 Å². The summed E-state index contributed by atoms with van der Waals surface area (Å²) >= 11 is 1.70. The molecule has 5 nitrogen and oxygen atoms in total. The SMILES string of the molecule is COc1ccc(N2CCN(C3CCCN(C(=O)c4ccc(SC)cc4)C3)CC2)cc1. The molecule has 2 fully saturated rings. The molecule has 1 atom stereocenters. The van der Waals surface area contributed by atoms with E-state index in [1.54, 1.807) is 18.9 Å². The number of benzene rings is 2. The summed E-state index contributed by atoms with van der Waals surface area (Å²) < 4.78 is 5.27. The quantitative estimate of drug-likeness (QED) is 0.680. The maximum absolute atomic E-state index is 13.0. The van der Waals surface area contributed by atoms with E-state index in [4.69, 9.17) is 4.74 Å². The van der Waals surface area contributed by atoms with Crippen LogP contribution in [0.5, 0.6) is 5.75 Å². The zero-order chi connectivity index (χ0) is 20.9. The predicted molar refractivity (Wildman–Crippen MR) is 124 cm³/mol. The van der Waals surface area contributed by atoms with Gasteiger partial charge in [-0.25, -0.2) is 0 Å². The predicted octanol–water partition coefficient (Wildman–Crippen LogP) is 3.84. The number of carbonyl (C=O) groups is 1. The Morgan fingerprint density at radius 1 is 0.967 bits per heavy atom. The van der Waals surface area contributed by atoms with Gasteiger partial charge in [-0.3, -0.25) is 9.69 Å². The molecular weight excluding hydrogens is 394 g/mol. The van der Waals surface area contributed by atoms with E-state index >= 15 is 0 Å². The van der Waals surface area contributed by atoms with Crippen molar-refractivity contribution in [2.24, 2.45) is 0 Å². The van der Waals surface area contributed by atoms with E-state index in [9.17, 15) is 4.79 Å². The number of hydrogen-bond donors (Lipinski definition) is 0. The molecule has 2 aromatic rings. The summed E-state index contributed by atoms with van der Waals surface area (Å²) in [5.74, 6) is 1.07. The van der Waals surface area contributed by atoms with Crippen molar-refractivity contribution in [3.05, 3.63) is 54.1 Å². The Morgan fingerprint density at radius 3 is 2.30 bits per heavy atom. The molecule has 4 rings (SSSR count). The van der Waals surface area contributed by atoms with Gasteiger partial charge in [0, 0.05) is 61.5 Å². The summed E-state index contributed by atoms with van der Waals surface area (Å²) in [5.41, 5.74) is 2.06. The van der Waals surface area contributed by atoms with Gasteiger partial charge in [0.15, 0.2) is 0 Å². The fraction of sp³-hybridized carbons (Fsp3) is 0.458. The molecule has 0 aliphatic carbocycles. The van der Waals surface area contributed by atoms with Crippen LogP contribution < -0.4 is 9.64 Å². The van der Waals surface area contributed by atoms with Crippen molar-refractivity contribution in [1.82, 2.24) is 9.80 Å². The highest BCUT2D eigenvalue weighted by Gasteiger charge is 2.30. The summed E-state index contributed by atoms with van der Waals surface area (Å²) in [6, 6.07) is 16.8. The fourth-order valence-electron chi connectivity index (χ4n) is 4.49. The first-order valence-corrected chi connectivity index (χ1v) is 12.0. The zero-order valence-electron chi connectivity index (χ0n) is 17.9. The molecule has 0 radical (unpaired) electrons. The lowest BCUT2D eigenvalue weighted by Crippen LogP contribution is -2.55. The standard InChI is InChI=1S/C24H31N3O2S/c1-29-22-9-7-20(8-10-22)25-14-16-26(17-15-25)21-4-3-13-27(18-21)24(28)19-5-11-23(30-2)12-6-19/h5-12,21H,3-4,13-18H2,1-2H3. The zero-order valence-corrected chi connectivity index (χ0v) is 18.7. The highest BCUT2D eigenvalue weighted by atomic mass is 32.2. The smallest absolute Gasteiger partial charge is 0.253 e. The van der Waals surface area contributed by atoms with Crippen molar-refractivity contribution in [2.45, 2.75) is 23.8 Å². The summed E-state index contributed by atoms with van der Waals surface area (Å²) in [4.78, 5) is 21.3. The highest BCUT2D eigenvalue weighted by molar-refractivity contribution is 7.98. The van der Waals surface area contributed by atoms with E-state index in [0.29, 0.717) is 6.04 Å². The summed E-state index contributed by atoms with van der Waals surface area (Å²) in [7, 11) is 1.70. The Morgan fingerprint density at radius 2 is 1.67 bits per heavy atom. The highest BCUT2D eigenvalue weighted by Crippen LogP contribution is 2.24. The molecule has 1 amide bonds. The number of amides is 1. The number of piperazine rings is 1. The normalized spacial score (nSPS) is 20.3. The van der Waals surface area contributed by atoms with Gasteiger partial charge >= 0.3 is 0 Å². The lowest BCUT2D eigenvalue weighted by Gasteiger charge is -2.44. The molecule has 30 heavy (non-hydrogen) atoms. The Balaban J connectivity index is 1.33. The Kier molecular flexibility index (Phi) is 6.85. The minimum Gasteiger partial charge on any atom is -0.497 e. The monoisotopic (exact) mass is 425 g/mol. The molecule has 0 saturated carbocycles. The van der Waals surface area contributed by atoms with E-state index in [-0.39, 0.29) is 5.91 Å². The number of rotatable bonds is 5. The number of ether oxygens (including phenoxy) is 1. The topological polar surface area (TPSA) is 36.0 Å². The number of likely N-dealkylation sites (tertiary alicyclic amines) is 1. The van der Waals surface area contributed by atoms with Crippen molar-refractivity contribution in [3.63, 3.8) is 0 Å². The lowest BCUT2D eigenvalue weighted by atomic mass is 10.0. The van der Waals surface area contributed by atoms with Gasteiger partial charge in [0.25, 0.3) is 5.91 Å². The molecule has 0 aromatic heterocycles. The minimum atomic E-state index is 0.171. The van der Waals surface area contributed by atoms with E-state index in [0.717, 1.165) is 57.0 Å². The molecule has 2 aromatic carbocycles. The van der Waals surface area contributed by atoms with Gasteiger partial charge in [0.05, 0.1) is 7.11 Å². The molecule has 0 spiro atoms. The van der Waals surface area contributed by atoms with Crippen LogP contribution >= 0.6 is 11.8 Å². The Labute approximate surface area is 184 Å². The largest absolute Gasteiger partial charge is 0.497 e. The van der Waals surface area contributed by atoms with Crippen molar-refractivity contribution in [3.8, 4) is 5.75 Å². The van der Waals surface area contributed by atoms with E-state index in [1.165, 1.54) is 17.0 Å². The summed E-state index contributed by atoms with van der Waals surface area (Å²) in [6.45, 7) is 5.83. The van der Waals surface area contributed by atoms with Crippen LogP contribution in [-0.2, 0) is 0 Å². The third-order valence-corrected chi connectivity index (χ3v) is 7.03. The van der Waals surface area contributed by atoms with Gasteiger partial charge in [0.1, 0.15) is 5.75 Å². The van der Waals surface area contributed by atoms with Gasteiger partial charge < -0.3 is 14.5 Å². The maximum Gasteiger partial charge on any atom is 0.253 e. The van der Waals surface area contributed by atoms with Crippen LogP contribution in [0.3, 0.4) is 0 Å². The van der Waals surface area contributed by atoms with Crippen LogP contribution in [0, 0.1) is 0 Å². The first-order valence-electron chi connectivity index (χ1n) is 10.7. The maximum atomic E-state index is 13.0. The van der Waals surface area contributed by atoms with Crippen LogP contribution in [0.15, 0.2) is 53.4 Å². The third-order valence-electron chi connectivity index (χ3n) is 6.29. The molecule has 1 unspecified atom stereocenters. The van der Waals surface area contributed by atoms with Crippen LogP contribution in [0.25, 0.3) is 0 Å². The molecule has 2 aliphatic rings. The molecule has 0 bridgehead atoms. The van der Waals surface area contributed by atoms with Crippen molar-refractivity contribution in [1.29, 1.82) is 0 Å². The number of nitrogens with zero attached hydrogens (tertiary/aromatic N) is 3. The van der Waals surface area contributed by atoms with Crippen LogP contribution in [-0.4, -0.2) is 74.4 Å². The number of thioether (sulfide) groups is 1. The number of hydrogen-bond acceptors (Lipinski definition) is 5. The average Bonchev–Trinajstić information content (AvgIpc) is 2.84. The molecule has 6 heteroatoms. The molecular formula is C24H31N3O2S. The van der Waals surface area contributed by atoms with Gasteiger partial charge in [-0.15, -0.1) is 11.8 Å². The fourth-order valence-corrected chi connectivity index (χ4v) is 4.90. The summed E-state index contributed by atoms with van der Waals surface area (Å²) in [6.07, 6.45) is 4.32. The third kappa shape index (κ3) is 4.76. The van der Waals surface area contributed by atoms with Crippen molar-refractivity contribution >= 4 is 23.4 Å². The minimum absolute atomic E-state index is 0.171. The number of carbonyl (C=O) groups excluding carboxylic acids is 1. The first-order chi connectivity index (χ1) is 14.7. The van der Waals surface area contributed by atoms with Gasteiger partial charge in [-0.1, -0.05) is 0 Å². The molecule has 160 valence electrons. The number of anilines is 1. The molecule has 2 aliphatic heterocycles. The number of methoxy groups -OCH3 is 1. The van der Waals surface area contributed by atoms with Crippen LogP contribution in [0.1, 0.15) is 23.2 Å². The lowest BCUT2D eigenvalue weighted by molar-refractivity contribution is 0.0563. The Hall–Kier alpha value is -2.18. The van der Waals surface area contributed by atoms with Crippen LogP contribution in [0.2, 0.25) is 0 Å². The van der Waals surface area contributed by atoms with Crippen molar-refractivity contribution in [2.75, 3.05) is 57.5 Å². The van der Waals surface area contributed by atoms with Gasteiger partial charge in [-0.2, -0.15) is 0 Å². The second-order valence-corrected chi connectivity index (χ2v) is 8.88. The summed E-state index contributed by atoms with van der Waals surface area (Å²) in [5, 5.41) is 0. The average molecular weight is 426 g/mol. The number of piperidine rings is 1. The molecule has 2 saturated heterocycles.